The van der Waals surface area contributed by atoms with Gasteiger partial charge in [0.25, 0.3) is 0 Å². The van der Waals surface area contributed by atoms with E-state index in [1.807, 2.05) is 24.3 Å². The second kappa shape index (κ2) is 9.02. The lowest BCUT2D eigenvalue weighted by Gasteiger charge is -2.25. The first-order valence-electron chi connectivity index (χ1n) is 11.0. The third kappa shape index (κ3) is 4.20. The van der Waals surface area contributed by atoms with Crippen molar-refractivity contribution in [3.63, 3.8) is 0 Å². The molecular weight excluding hydrogens is 408 g/mol. The van der Waals surface area contributed by atoms with E-state index in [1.54, 1.807) is 18.7 Å². The Labute approximate surface area is 187 Å². The number of likely N-dealkylation sites (tertiary alicyclic amines) is 1. The van der Waals surface area contributed by atoms with Crippen LogP contribution in [0.25, 0.3) is 11.1 Å². The molecule has 2 N–H and O–H groups in total. The molecule has 7 nitrogen and oxygen atoms in total. The summed E-state index contributed by atoms with van der Waals surface area (Å²) in [6, 6.07) is 15.5. The smallest absolute Gasteiger partial charge is 0.407 e. The van der Waals surface area contributed by atoms with Crippen molar-refractivity contribution >= 4 is 18.0 Å². The Morgan fingerprint density at radius 1 is 1.09 bits per heavy atom. The number of nitrogens with zero attached hydrogens (tertiary/aromatic N) is 1. The van der Waals surface area contributed by atoms with E-state index in [9.17, 15) is 19.5 Å². The number of hydrogen-bond acceptors (Lipinski definition) is 4. The van der Waals surface area contributed by atoms with E-state index in [0.717, 1.165) is 22.3 Å². The van der Waals surface area contributed by atoms with Gasteiger partial charge in [-0.1, -0.05) is 48.5 Å². The zero-order valence-corrected chi connectivity index (χ0v) is 18.3. The molecule has 0 spiro atoms. The lowest BCUT2D eigenvalue weighted by Crippen LogP contribution is -2.42. The summed E-state index contributed by atoms with van der Waals surface area (Å²) in [6.07, 6.45) is -0.0119. The maximum Gasteiger partial charge on any atom is 0.407 e. The number of carbonyl (C=O) groups is 3. The second-order valence-corrected chi connectivity index (χ2v) is 8.64. The van der Waals surface area contributed by atoms with Crippen LogP contribution >= 0.6 is 0 Å². The fourth-order valence-electron chi connectivity index (χ4n) is 4.89. The van der Waals surface area contributed by atoms with Crippen molar-refractivity contribution < 1.29 is 24.2 Å². The topological polar surface area (TPSA) is 95.9 Å². The van der Waals surface area contributed by atoms with Crippen LogP contribution in [-0.2, 0) is 14.3 Å². The summed E-state index contributed by atoms with van der Waals surface area (Å²) in [6.45, 7) is 4.14. The van der Waals surface area contributed by atoms with E-state index in [1.165, 1.54) is 0 Å². The number of hydrogen-bond donors (Lipinski definition) is 2. The number of amides is 2. The molecule has 1 fully saturated rings. The average molecular weight is 437 g/mol. The number of alkyl carbamates (subject to hydrolysis) is 1. The van der Waals surface area contributed by atoms with E-state index in [4.69, 9.17) is 4.74 Å². The molecule has 1 heterocycles. The molecule has 1 saturated heterocycles. The Balaban J connectivity index is 1.31. The van der Waals surface area contributed by atoms with E-state index < -0.39 is 24.0 Å². The molecule has 2 aromatic rings. The average Bonchev–Trinajstić information content (AvgIpc) is 3.30. The molecule has 4 rings (SSSR count). The van der Waals surface area contributed by atoms with Gasteiger partial charge >= 0.3 is 12.1 Å². The minimum absolute atomic E-state index is 0.0245. The van der Waals surface area contributed by atoms with Gasteiger partial charge in [0.2, 0.25) is 5.91 Å². The van der Waals surface area contributed by atoms with E-state index in [0.29, 0.717) is 13.0 Å². The Bertz CT molecular complexity index is 991. The minimum Gasteiger partial charge on any atom is -0.481 e. The number of nitrogens with one attached hydrogen (secondary N) is 1. The number of ether oxygens (including phenoxy) is 1. The van der Waals surface area contributed by atoms with Crippen molar-refractivity contribution in [1.82, 2.24) is 10.2 Å². The third-order valence-electron chi connectivity index (χ3n) is 6.58. The summed E-state index contributed by atoms with van der Waals surface area (Å²) >= 11 is 0. The van der Waals surface area contributed by atoms with Gasteiger partial charge in [0, 0.05) is 31.0 Å². The normalized spacial score (nSPS) is 20.4. The zero-order chi connectivity index (χ0) is 22.8. The van der Waals surface area contributed by atoms with Crippen molar-refractivity contribution in [3.05, 3.63) is 59.7 Å². The first-order chi connectivity index (χ1) is 15.4. The zero-order valence-electron chi connectivity index (χ0n) is 18.3. The highest BCUT2D eigenvalue weighted by Crippen LogP contribution is 2.44. The van der Waals surface area contributed by atoms with Crippen molar-refractivity contribution in [2.75, 3.05) is 13.2 Å². The molecule has 2 unspecified atom stereocenters. The first kappa shape index (κ1) is 21.9. The van der Waals surface area contributed by atoms with Gasteiger partial charge < -0.3 is 20.1 Å². The van der Waals surface area contributed by atoms with Crippen LogP contribution in [0.4, 0.5) is 4.79 Å². The molecule has 0 bridgehead atoms. The molecule has 3 atom stereocenters. The van der Waals surface area contributed by atoms with Gasteiger partial charge in [-0.3, -0.25) is 9.59 Å². The van der Waals surface area contributed by atoms with Crippen LogP contribution < -0.4 is 5.32 Å². The number of carboxylic acid groups (broad SMARTS) is 1. The van der Waals surface area contributed by atoms with Crippen LogP contribution in [0.2, 0.25) is 0 Å². The maximum atomic E-state index is 12.6. The minimum atomic E-state index is -0.877. The molecule has 1 aliphatic heterocycles. The largest absolute Gasteiger partial charge is 0.481 e. The monoisotopic (exact) mass is 436 g/mol. The van der Waals surface area contributed by atoms with Crippen LogP contribution in [0.15, 0.2) is 48.5 Å². The molecule has 0 saturated carbocycles. The molecule has 0 radical (unpaired) electrons. The predicted molar refractivity (Wildman–Crippen MR) is 119 cm³/mol. The fraction of sp³-hybridized carbons (Fsp3) is 0.400. The summed E-state index contributed by atoms with van der Waals surface area (Å²) in [4.78, 5) is 37.9. The number of carbonyl (C=O) groups excluding carboxylic acids is 2. The SMILES string of the molecule is CC1C(C(=O)O)CCN1C(=O)C[C@H](C)NC(=O)OCC1c2ccccc2-c2ccccc21. The Kier molecular flexibility index (Phi) is 6.17. The molecule has 2 amide bonds. The van der Waals surface area contributed by atoms with E-state index >= 15 is 0 Å². The molecule has 0 aromatic heterocycles. The standard InChI is InChI=1S/C25H28N2O5/c1-15(13-23(28)27-12-11-17(16(27)2)24(29)30)26-25(31)32-14-22-20-9-5-3-7-18(20)19-8-4-6-10-21(19)22/h3-10,15-17,22H,11-14H2,1-2H3,(H,26,31)(H,29,30)/t15-,16?,17?/m0/s1. The molecule has 7 heteroatoms. The Morgan fingerprint density at radius 2 is 1.69 bits per heavy atom. The maximum absolute atomic E-state index is 12.6. The molecule has 2 aromatic carbocycles. The number of benzene rings is 2. The fourth-order valence-corrected chi connectivity index (χ4v) is 4.89. The highest BCUT2D eigenvalue weighted by atomic mass is 16.5. The van der Waals surface area contributed by atoms with Crippen LogP contribution in [0.3, 0.4) is 0 Å². The molecule has 1 aliphatic carbocycles. The lowest BCUT2D eigenvalue weighted by atomic mass is 9.98. The summed E-state index contributed by atoms with van der Waals surface area (Å²) < 4.78 is 5.53. The van der Waals surface area contributed by atoms with Crippen LogP contribution in [0.5, 0.6) is 0 Å². The molecule has 2 aliphatic rings. The van der Waals surface area contributed by atoms with Crippen LogP contribution in [0, 0.1) is 5.92 Å². The number of aliphatic carboxylic acids is 1. The molecule has 32 heavy (non-hydrogen) atoms. The first-order valence-corrected chi connectivity index (χ1v) is 11.0. The number of rotatable bonds is 6. The number of carboxylic acids is 1. The third-order valence-corrected chi connectivity index (χ3v) is 6.58. The highest BCUT2D eigenvalue weighted by Gasteiger charge is 2.38. The van der Waals surface area contributed by atoms with Crippen molar-refractivity contribution in [2.45, 2.75) is 44.7 Å². The Hall–Kier alpha value is -3.35. The summed E-state index contributed by atoms with van der Waals surface area (Å²) in [5.41, 5.74) is 4.60. The van der Waals surface area contributed by atoms with Gasteiger partial charge in [-0.15, -0.1) is 0 Å². The summed E-state index contributed by atoms with van der Waals surface area (Å²) in [5.74, 6) is -1.60. The second-order valence-electron chi connectivity index (χ2n) is 8.64. The predicted octanol–water partition coefficient (Wildman–Crippen LogP) is 3.63. The van der Waals surface area contributed by atoms with Gasteiger partial charge in [-0.2, -0.15) is 0 Å². The molecular formula is C25H28N2O5. The van der Waals surface area contributed by atoms with Crippen molar-refractivity contribution in [3.8, 4) is 11.1 Å². The van der Waals surface area contributed by atoms with Gasteiger partial charge in [0.05, 0.1) is 5.92 Å². The van der Waals surface area contributed by atoms with E-state index in [2.05, 4.69) is 29.6 Å². The van der Waals surface area contributed by atoms with Gasteiger partial charge in [-0.25, -0.2) is 4.79 Å². The summed E-state index contributed by atoms with van der Waals surface area (Å²) in [5, 5.41) is 12.0. The Morgan fingerprint density at radius 3 is 2.25 bits per heavy atom. The van der Waals surface area contributed by atoms with Crippen LogP contribution in [-0.4, -0.2) is 53.2 Å². The van der Waals surface area contributed by atoms with Gasteiger partial charge in [0.15, 0.2) is 0 Å². The number of fused-ring (bicyclic) bond motifs is 3. The van der Waals surface area contributed by atoms with Crippen LogP contribution in [0.1, 0.15) is 43.7 Å². The van der Waals surface area contributed by atoms with Gasteiger partial charge in [-0.05, 0) is 42.5 Å². The lowest BCUT2D eigenvalue weighted by molar-refractivity contribution is -0.143. The quantitative estimate of drug-likeness (QED) is 0.721. The summed E-state index contributed by atoms with van der Waals surface area (Å²) in [7, 11) is 0. The van der Waals surface area contributed by atoms with Crippen molar-refractivity contribution in [2.24, 2.45) is 5.92 Å². The van der Waals surface area contributed by atoms with Crippen molar-refractivity contribution in [1.29, 1.82) is 0 Å². The van der Waals surface area contributed by atoms with Gasteiger partial charge in [0.1, 0.15) is 6.61 Å². The molecule has 168 valence electrons. The highest BCUT2D eigenvalue weighted by molar-refractivity contribution is 5.81. The van der Waals surface area contributed by atoms with E-state index in [-0.39, 0.29) is 30.9 Å².